The van der Waals surface area contributed by atoms with Gasteiger partial charge in [0.1, 0.15) is 0 Å². The molecule has 0 aliphatic rings. The Morgan fingerprint density at radius 3 is 1.58 bits per heavy atom. The highest BCUT2D eigenvalue weighted by molar-refractivity contribution is 7.17. The lowest BCUT2D eigenvalue weighted by Crippen LogP contribution is -2.00. The predicted octanol–water partition coefficient (Wildman–Crippen LogP) is 5.74. The number of hydrogen-bond donors (Lipinski definition) is 1. The molecule has 0 heterocycles. The molecular formula is C16H36ClOP. The molecule has 0 bridgehead atoms. The van der Waals surface area contributed by atoms with Gasteiger partial charge < -0.3 is 5.11 Å². The zero-order valence-corrected chi connectivity index (χ0v) is 14.9. The summed E-state index contributed by atoms with van der Waals surface area (Å²) in [4.78, 5) is 0. The number of rotatable bonds is 14. The fourth-order valence-electron chi connectivity index (χ4n) is 2.38. The summed E-state index contributed by atoms with van der Waals surface area (Å²) in [5, 5.41) is 8.80. The van der Waals surface area contributed by atoms with E-state index < -0.39 is 0 Å². The summed E-state index contributed by atoms with van der Waals surface area (Å²) in [6.45, 7) is 2.62. The van der Waals surface area contributed by atoms with Crippen LogP contribution in [0.25, 0.3) is 0 Å². The molecule has 2 atom stereocenters. The first-order chi connectivity index (χ1) is 8.81. The van der Waals surface area contributed by atoms with Gasteiger partial charge in [-0.2, -0.15) is 0 Å². The van der Waals surface area contributed by atoms with Gasteiger partial charge in [0, 0.05) is 6.61 Å². The molecule has 0 spiro atoms. The van der Waals surface area contributed by atoms with Crippen molar-refractivity contribution in [3.8, 4) is 0 Å². The van der Waals surface area contributed by atoms with Crippen LogP contribution in [0.2, 0.25) is 0 Å². The summed E-state index contributed by atoms with van der Waals surface area (Å²) in [6.07, 6.45) is 17.8. The third-order valence-corrected chi connectivity index (χ3v) is 4.35. The normalized spacial score (nSPS) is 12.2. The zero-order chi connectivity index (χ0) is 13.5. The number of unbranched alkanes of at least 4 members (excludes halogenated alkanes) is 10. The van der Waals surface area contributed by atoms with Gasteiger partial charge in [-0.05, 0) is 18.5 Å². The summed E-state index contributed by atoms with van der Waals surface area (Å²) >= 11 is 0. The van der Waals surface area contributed by atoms with Crippen LogP contribution in [0.3, 0.4) is 0 Å². The maximum atomic E-state index is 8.80. The molecule has 0 rings (SSSR count). The van der Waals surface area contributed by atoms with Crippen molar-refractivity contribution in [3.05, 3.63) is 0 Å². The molecule has 0 aromatic heterocycles. The minimum absolute atomic E-state index is 0. The molecular weight excluding hydrogens is 275 g/mol. The average molecular weight is 311 g/mol. The quantitative estimate of drug-likeness (QED) is 0.320. The summed E-state index contributed by atoms with van der Waals surface area (Å²) in [5.74, 6) is 0. The van der Waals surface area contributed by atoms with E-state index in [0.717, 1.165) is 6.42 Å². The van der Waals surface area contributed by atoms with E-state index in [1.807, 2.05) is 0 Å². The van der Waals surface area contributed by atoms with Crippen LogP contribution in [0.5, 0.6) is 0 Å². The Hall–Kier alpha value is 0.680. The molecule has 0 aliphatic heterocycles. The van der Waals surface area contributed by atoms with Crippen molar-refractivity contribution >= 4 is 21.6 Å². The van der Waals surface area contributed by atoms with Crippen molar-refractivity contribution in [1.29, 1.82) is 0 Å². The van der Waals surface area contributed by atoms with Gasteiger partial charge in [0.2, 0.25) is 0 Å². The van der Waals surface area contributed by atoms with Crippen molar-refractivity contribution in [1.82, 2.24) is 0 Å². The van der Waals surface area contributed by atoms with E-state index in [1.54, 1.807) is 0 Å². The molecule has 0 saturated heterocycles. The molecule has 0 aromatic rings. The van der Waals surface area contributed by atoms with Crippen molar-refractivity contribution in [3.63, 3.8) is 0 Å². The van der Waals surface area contributed by atoms with E-state index >= 15 is 0 Å². The Morgan fingerprint density at radius 2 is 1.16 bits per heavy atom. The monoisotopic (exact) mass is 310 g/mol. The molecule has 1 N–H and O–H groups in total. The molecule has 19 heavy (non-hydrogen) atoms. The van der Waals surface area contributed by atoms with E-state index in [9.17, 15) is 0 Å². The van der Waals surface area contributed by atoms with Gasteiger partial charge in [0.05, 0.1) is 0 Å². The Balaban J connectivity index is 0. The standard InChI is InChI=1S/C16H35OP.ClH/c1-2-3-4-5-6-7-8-9-10-11-12-13-16(18)14-15-17;/h16-17H,2-15,18H2,1H3;1H. The van der Waals surface area contributed by atoms with Gasteiger partial charge >= 0.3 is 0 Å². The second-order valence-electron chi connectivity index (χ2n) is 5.60. The maximum absolute atomic E-state index is 8.80. The van der Waals surface area contributed by atoms with Crippen molar-refractivity contribution < 1.29 is 5.11 Å². The molecule has 0 aliphatic carbocycles. The lowest BCUT2D eigenvalue weighted by Gasteiger charge is -2.08. The first-order valence-electron chi connectivity index (χ1n) is 8.17. The molecule has 0 fully saturated rings. The van der Waals surface area contributed by atoms with E-state index in [1.165, 1.54) is 77.0 Å². The Kier molecular flexibility index (Phi) is 21.6. The summed E-state index contributed by atoms with van der Waals surface area (Å²) in [7, 11) is 2.85. The van der Waals surface area contributed by atoms with E-state index in [0.29, 0.717) is 12.3 Å². The van der Waals surface area contributed by atoms with E-state index in [-0.39, 0.29) is 12.4 Å². The minimum Gasteiger partial charge on any atom is -0.396 e. The molecule has 3 heteroatoms. The molecule has 0 amide bonds. The highest BCUT2D eigenvalue weighted by Gasteiger charge is 2.00. The predicted molar refractivity (Wildman–Crippen MR) is 93.5 cm³/mol. The maximum Gasteiger partial charge on any atom is 0.0436 e. The second kappa shape index (κ2) is 18.7. The average Bonchev–Trinajstić information content (AvgIpc) is 2.36. The SMILES string of the molecule is CCCCCCCCCCCCCC(P)CCO.Cl. The molecule has 0 saturated carbocycles. The van der Waals surface area contributed by atoms with Crippen LogP contribution in [0.15, 0.2) is 0 Å². The summed E-state index contributed by atoms with van der Waals surface area (Å²) in [6, 6.07) is 0. The number of aliphatic hydroxyl groups excluding tert-OH is 1. The highest BCUT2D eigenvalue weighted by Crippen LogP contribution is 2.16. The highest BCUT2D eigenvalue weighted by atomic mass is 35.5. The minimum atomic E-state index is 0. The fraction of sp³-hybridized carbons (Fsp3) is 1.00. The van der Waals surface area contributed by atoms with Crippen molar-refractivity contribution in [2.45, 2.75) is 96.1 Å². The van der Waals surface area contributed by atoms with Gasteiger partial charge in [-0.15, -0.1) is 21.6 Å². The lowest BCUT2D eigenvalue weighted by molar-refractivity contribution is 0.284. The van der Waals surface area contributed by atoms with Crippen LogP contribution in [-0.4, -0.2) is 17.4 Å². The third kappa shape index (κ3) is 18.7. The van der Waals surface area contributed by atoms with Crippen LogP contribution in [-0.2, 0) is 0 Å². The zero-order valence-electron chi connectivity index (χ0n) is 12.9. The molecule has 2 unspecified atom stereocenters. The molecule has 0 aromatic carbocycles. The topological polar surface area (TPSA) is 20.2 Å². The largest absolute Gasteiger partial charge is 0.396 e. The molecule has 1 nitrogen and oxygen atoms in total. The lowest BCUT2D eigenvalue weighted by atomic mass is 10.0. The molecule has 118 valence electrons. The first kappa shape index (κ1) is 22.0. The van der Waals surface area contributed by atoms with Crippen LogP contribution in [0.1, 0.15) is 90.4 Å². The second-order valence-corrected chi connectivity index (χ2v) is 6.54. The Labute approximate surface area is 129 Å². The van der Waals surface area contributed by atoms with Gasteiger partial charge in [-0.3, -0.25) is 0 Å². The summed E-state index contributed by atoms with van der Waals surface area (Å²) in [5.41, 5.74) is 0.633. The Morgan fingerprint density at radius 1 is 0.737 bits per heavy atom. The number of hydrogen-bond acceptors (Lipinski definition) is 1. The first-order valence-corrected chi connectivity index (χ1v) is 8.84. The molecule has 0 radical (unpaired) electrons. The smallest absolute Gasteiger partial charge is 0.0436 e. The van der Waals surface area contributed by atoms with Gasteiger partial charge in [-0.1, -0.05) is 77.6 Å². The van der Waals surface area contributed by atoms with Gasteiger partial charge in [0.15, 0.2) is 0 Å². The Bertz CT molecular complexity index is 156. The summed E-state index contributed by atoms with van der Waals surface area (Å²) < 4.78 is 0. The van der Waals surface area contributed by atoms with Gasteiger partial charge in [-0.25, -0.2) is 0 Å². The number of aliphatic hydroxyl groups is 1. The number of halogens is 1. The van der Waals surface area contributed by atoms with Crippen LogP contribution < -0.4 is 0 Å². The van der Waals surface area contributed by atoms with Crippen LogP contribution >= 0.6 is 21.6 Å². The van der Waals surface area contributed by atoms with Crippen molar-refractivity contribution in [2.75, 3.05) is 6.61 Å². The van der Waals surface area contributed by atoms with Crippen molar-refractivity contribution in [2.24, 2.45) is 0 Å². The van der Waals surface area contributed by atoms with Gasteiger partial charge in [0.25, 0.3) is 0 Å². The third-order valence-electron chi connectivity index (χ3n) is 3.68. The van der Waals surface area contributed by atoms with Crippen LogP contribution in [0, 0.1) is 0 Å². The van der Waals surface area contributed by atoms with Crippen LogP contribution in [0.4, 0.5) is 0 Å². The van der Waals surface area contributed by atoms with E-state index in [2.05, 4.69) is 16.2 Å². The van der Waals surface area contributed by atoms with E-state index in [4.69, 9.17) is 5.11 Å². The fourth-order valence-corrected chi connectivity index (χ4v) is 2.77.